The van der Waals surface area contributed by atoms with Crippen LogP contribution >= 0.6 is 11.8 Å². The van der Waals surface area contributed by atoms with Crippen LogP contribution in [-0.4, -0.2) is 9.13 Å². The number of fused-ring (bicyclic) bond motifs is 8. The van der Waals surface area contributed by atoms with Crippen LogP contribution in [0.15, 0.2) is 187 Å². The van der Waals surface area contributed by atoms with E-state index < -0.39 is 0 Å². The van der Waals surface area contributed by atoms with Crippen molar-refractivity contribution in [1.29, 1.82) is 0 Å². The summed E-state index contributed by atoms with van der Waals surface area (Å²) in [4.78, 5) is 1.24. The fourth-order valence-electron chi connectivity index (χ4n) is 7.87. The standard InChI is InChI=1S/C47H33N3S/c1-31-13-9-10-28-51-47-36(31)25-27-44-46(47)39-30-33(24-26-43(39)49(44)35-16-3-2-4-17-35)32-14-11-15-34(29-32)40-20-12-23-45(48-40)50-41-21-7-5-18-37(41)38-19-6-8-22-42(38)50/h2-30,45,48H,1H2/b13-9-,28-10-. The summed E-state index contributed by atoms with van der Waals surface area (Å²) in [7, 11) is 0. The molecule has 6 aromatic carbocycles. The van der Waals surface area contributed by atoms with Gasteiger partial charge in [0.15, 0.2) is 0 Å². The Kier molecular flexibility index (Phi) is 6.97. The molecule has 0 fully saturated rings. The number of hydrogen-bond donors (Lipinski definition) is 1. The fraction of sp³-hybridized carbons (Fsp3) is 0.0213. The number of nitrogens with one attached hydrogen (secondary N) is 1. The minimum Gasteiger partial charge on any atom is -0.361 e. The van der Waals surface area contributed by atoms with Crippen LogP contribution in [-0.2, 0) is 0 Å². The lowest BCUT2D eigenvalue weighted by Crippen LogP contribution is -2.25. The molecule has 4 heterocycles. The highest BCUT2D eigenvalue weighted by Crippen LogP contribution is 2.44. The molecule has 1 atom stereocenters. The van der Waals surface area contributed by atoms with Crippen molar-refractivity contribution >= 4 is 66.6 Å². The normalized spacial score (nSPS) is 16.9. The minimum absolute atomic E-state index is 0.0190. The van der Waals surface area contributed by atoms with E-state index in [1.165, 1.54) is 65.2 Å². The average Bonchev–Trinajstić information content (AvgIpc) is 3.70. The van der Waals surface area contributed by atoms with Crippen molar-refractivity contribution in [3.8, 4) is 16.8 Å². The van der Waals surface area contributed by atoms with E-state index in [0.717, 1.165) is 22.5 Å². The first-order chi connectivity index (χ1) is 25.2. The molecule has 0 radical (unpaired) electrons. The molecule has 2 aromatic heterocycles. The van der Waals surface area contributed by atoms with E-state index >= 15 is 0 Å². The first-order valence-electron chi connectivity index (χ1n) is 17.3. The maximum atomic E-state index is 4.42. The van der Waals surface area contributed by atoms with Crippen LogP contribution in [0.5, 0.6) is 0 Å². The van der Waals surface area contributed by atoms with Crippen LogP contribution in [0.4, 0.5) is 0 Å². The lowest BCUT2D eigenvalue weighted by Gasteiger charge is -2.25. The van der Waals surface area contributed by atoms with Crippen LogP contribution in [0.3, 0.4) is 0 Å². The molecule has 1 unspecified atom stereocenters. The average molecular weight is 672 g/mol. The first kappa shape index (κ1) is 29.7. The second-order valence-corrected chi connectivity index (χ2v) is 14.0. The molecule has 2 aliphatic heterocycles. The SMILES string of the molecule is C=C1/C=C\C=C/Sc2c1ccc1c2c2cc(-c3cccc(C4=CC=CC(n5c6ccccc6c6ccccc65)N4)c3)ccc2n1-c1ccccc1. The molecule has 4 heteroatoms. The topological polar surface area (TPSA) is 21.9 Å². The van der Waals surface area contributed by atoms with Gasteiger partial charge in [-0.25, -0.2) is 0 Å². The predicted molar refractivity (Wildman–Crippen MR) is 218 cm³/mol. The molecule has 10 rings (SSSR count). The van der Waals surface area contributed by atoms with E-state index in [1.54, 1.807) is 11.8 Å². The molecule has 0 bridgehead atoms. The number of allylic oxidation sites excluding steroid dienone is 6. The van der Waals surface area contributed by atoms with E-state index in [-0.39, 0.29) is 6.17 Å². The molecule has 242 valence electrons. The Labute approximate surface area is 300 Å². The van der Waals surface area contributed by atoms with Crippen molar-refractivity contribution in [2.75, 3.05) is 0 Å². The van der Waals surface area contributed by atoms with Crippen molar-refractivity contribution in [3.63, 3.8) is 0 Å². The van der Waals surface area contributed by atoms with E-state index in [1.807, 2.05) is 0 Å². The van der Waals surface area contributed by atoms with E-state index in [0.29, 0.717) is 0 Å². The van der Waals surface area contributed by atoms with Gasteiger partial charge < -0.3 is 14.5 Å². The van der Waals surface area contributed by atoms with Gasteiger partial charge in [-0.05, 0) is 93.9 Å². The van der Waals surface area contributed by atoms with Gasteiger partial charge in [0.05, 0.1) is 22.1 Å². The summed E-state index contributed by atoms with van der Waals surface area (Å²) in [6.45, 7) is 4.42. The summed E-state index contributed by atoms with van der Waals surface area (Å²) in [6.07, 6.45) is 12.9. The van der Waals surface area contributed by atoms with Crippen LogP contribution in [0.2, 0.25) is 0 Å². The summed E-state index contributed by atoms with van der Waals surface area (Å²) < 4.78 is 4.81. The van der Waals surface area contributed by atoms with Crippen LogP contribution < -0.4 is 5.32 Å². The number of rotatable bonds is 4. The Bertz CT molecular complexity index is 2770. The van der Waals surface area contributed by atoms with Gasteiger partial charge in [0.1, 0.15) is 6.17 Å². The van der Waals surface area contributed by atoms with Crippen LogP contribution in [0.25, 0.3) is 71.7 Å². The Hall–Kier alpha value is -6.23. The number of para-hydroxylation sites is 3. The molecule has 2 aliphatic rings. The maximum absolute atomic E-state index is 4.42. The lowest BCUT2D eigenvalue weighted by atomic mass is 9.98. The minimum atomic E-state index is -0.0190. The van der Waals surface area contributed by atoms with Gasteiger partial charge in [0, 0.05) is 37.8 Å². The van der Waals surface area contributed by atoms with Crippen LogP contribution in [0, 0.1) is 0 Å². The van der Waals surface area contributed by atoms with Gasteiger partial charge in [-0.3, -0.25) is 0 Å². The largest absolute Gasteiger partial charge is 0.361 e. The Balaban J connectivity index is 1.09. The van der Waals surface area contributed by atoms with Gasteiger partial charge in [0.2, 0.25) is 0 Å². The second kappa shape index (κ2) is 12.0. The molecular formula is C47H33N3S. The van der Waals surface area contributed by atoms with E-state index in [9.17, 15) is 0 Å². The second-order valence-electron chi connectivity index (χ2n) is 13.1. The Morgan fingerprint density at radius 3 is 2.14 bits per heavy atom. The zero-order valence-electron chi connectivity index (χ0n) is 27.8. The molecular weight excluding hydrogens is 639 g/mol. The highest BCUT2D eigenvalue weighted by molar-refractivity contribution is 8.02. The zero-order valence-corrected chi connectivity index (χ0v) is 28.6. The summed E-state index contributed by atoms with van der Waals surface area (Å²) in [5, 5.41) is 11.1. The fourth-order valence-corrected chi connectivity index (χ4v) is 8.83. The van der Waals surface area contributed by atoms with Gasteiger partial charge in [-0.2, -0.15) is 0 Å². The third kappa shape index (κ3) is 4.83. The van der Waals surface area contributed by atoms with Gasteiger partial charge in [-0.15, -0.1) is 0 Å². The van der Waals surface area contributed by atoms with E-state index in [2.05, 4.69) is 196 Å². The van der Waals surface area contributed by atoms with Gasteiger partial charge >= 0.3 is 0 Å². The number of dihydropyridines is 1. The number of benzene rings is 6. The first-order valence-corrected chi connectivity index (χ1v) is 18.2. The third-order valence-electron chi connectivity index (χ3n) is 10.2. The summed E-state index contributed by atoms with van der Waals surface area (Å²) in [5.41, 5.74) is 12.8. The van der Waals surface area contributed by atoms with Crippen molar-refractivity contribution in [1.82, 2.24) is 14.5 Å². The summed E-state index contributed by atoms with van der Waals surface area (Å²) in [5.74, 6) is 0. The zero-order chi connectivity index (χ0) is 33.9. The van der Waals surface area contributed by atoms with Crippen molar-refractivity contribution in [3.05, 3.63) is 193 Å². The highest BCUT2D eigenvalue weighted by atomic mass is 32.2. The van der Waals surface area contributed by atoms with Gasteiger partial charge in [-0.1, -0.05) is 128 Å². The molecule has 0 saturated heterocycles. The summed E-state index contributed by atoms with van der Waals surface area (Å²) >= 11 is 1.77. The van der Waals surface area contributed by atoms with Crippen LogP contribution in [0.1, 0.15) is 17.3 Å². The molecule has 0 saturated carbocycles. The Morgan fingerprint density at radius 2 is 1.31 bits per heavy atom. The van der Waals surface area contributed by atoms with Crippen molar-refractivity contribution in [2.24, 2.45) is 0 Å². The molecule has 1 N–H and O–H groups in total. The smallest absolute Gasteiger partial charge is 0.123 e. The third-order valence-corrected chi connectivity index (χ3v) is 11.1. The van der Waals surface area contributed by atoms with Crippen molar-refractivity contribution < 1.29 is 0 Å². The van der Waals surface area contributed by atoms with Gasteiger partial charge in [0.25, 0.3) is 0 Å². The molecule has 8 aromatic rings. The number of nitrogens with zero attached hydrogens (tertiary/aromatic N) is 2. The molecule has 0 spiro atoms. The quantitative estimate of drug-likeness (QED) is 0.201. The number of hydrogen-bond acceptors (Lipinski definition) is 2. The maximum Gasteiger partial charge on any atom is 0.123 e. The molecule has 3 nitrogen and oxygen atoms in total. The highest BCUT2D eigenvalue weighted by Gasteiger charge is 2.21. The van der Waals surface area contributed by atoms with Crippen molar-refractivity contribution in [2.45, 2.75) is 11.1 Å². The summed E-state index contributed by atoms with van der Waals surface area (Å²) in [6, 6.07) is 48.4. The molecule has 0 amide bonds. The molecule has 51 heavy (non-hydrogen) atoms. The number of thioether (sulfide) groups is 1. The monoisotopic (exact) mass is 671 g/mol. The van der Waals surface area contributed by atoms with E-state index in [4.69, 9.17) is 0 Å². The lowest BCUT2D eigenvalue weighted by molar-refractivity contribution is 0.589. The predicted octanol–water partition coefficient (Wildman–Crippen LogP) is 12.4. The Morgan fingerprint density at radius 1 is 0.588 bits per heavy atom. The number of aromatic nitrogens is 2. The molecule has 0 aliphatic carbocycles.